The summed E-state index contributed by atoms with van der Waals surface area (Å²) in [6, 6.07) is 14.0. The zero-order valence-electron chi connectivity index (χ0n) is 15.5. The minimum Gasteiger partial charge on any atom is -0.346 e. The Kier molecular flexibility index (Phi) is 4.96. The van der Waals surface area contributed by atoms with Crippen molar-refractivity contribution >= 4 is 0 Å². The molecule has 0 saturated heterocycles. The quantitative estimate of drug-likeness (QED) is 0.606. The van der Waals surface area contributed by atoms with Crippen LogP contribution >= 0.6 is 0 Å². The Hall–Kier alpha value is -2.63. The van der Waals surface area contributed by atoms with E-state index in [1.807, 2.05) is 30.3 Å². The maximum Gasteiger partial charge on any atom is 0.394 e. The van der Waals surface area contributed by atoms with Crippen molar-refractivity contribution in [3.05, 3.63) is 71.9 Å². The van der Waals surface area contributed by atoms with E-state index in [4.69, 9.17) is 0 Å². The van der Waals surface area contributed by atoms with Crippen LogP contribution in [-0.2, 0) is 19.3 Å². The first-order valence-electron chi connectivity index (χ1n) is 9.55. The van der Waals surface area contributed by atoms with Crippen LogP contribution in [0.25, 0.3) is 11.3 Å². The normalized spacial score (nSPS) is 16.0. The third kappa shape index (κ3) is 3.81. The minimum atomic E-state index is -4.15. The van der Waals surface area contributed by atoms with Crippen molar-refractivity contribution in [2.45, 2.75) is 44.7 Å². The second-order valence-electron chi connectivity index (χ2n) is 7.58. The largest absolute Gasteiger partial charge is 0.394 e. The molecular weight excluding hydrogens is 363 g/mol. The van der Waals surface area contributed by atoms with Gasteiger partial charge >= 0.3 is 6.18 Å². The van der Waals surface area contributed by atoms with Crippen molar-refractivity contribution < 1.29 is 13.2 Å². The van der Waals surface area contributed by atoms with Crippen LogP contribution in [0.3, 0.4) is 0 Å². The van der Waals surface area contributed by atoms with Gasteiger partial charge in [0.05, 0.1) is 11.1 Å². The number of aryl methyl sites for hydroxylation is 2. The van der Waals surface area contributed by atoms with Gasteiger partial charge < -0.3 is 4.98 Å². The van der Waals surface area contributed by atoms with Gasteiger partial charge in [0.2, 0.25) is 0 Å². The molecule has 0 atom stereocenters. The fourth-order valence-corrected chi connectivity index (χ4v) is 3.79. The van der Waals surface area contributed by atoms with Gasteiger partial charge in [-0.1, -0.05) is 36.8 Å². The minimum absolute atomic E-state index is 0.00225. The zero-order chi connectivity index (χ0) is 19.6. The number of aromatic nitrogens is 3. The molecule has 1 aliphatic rings. The maximum absolute atomic E-state index is 13.3. The molecule has 1 fully saturated rings. The fraction of sp³-hybridized carbons (Fsp3) is 0.364. The van der Waals surface area contributed by atoms with Crippen LogP contribution in [0.2, 0.25) is 0 Å². The smallest absolute Gasteiger partial charge is 0.346 e. The Morgan fingerprint density at radius 3 is 2.36 bits per heavy atom. The summed E-state index contributed by atoms with van der Waals surface area (Å²) >= 11 is 0. The highest BCUT2D eigenvalue weighted by molar-refractivity contribution is 5.58. The van der Waals surface area contributed by atoms with Crippen LogP contribution in [0, 0.1) is 5.41 Å². The summed E-state index contributed by atoms with van der Waals surface area (Å²) in [5.74, 6) is 0.737. The number of alkyl halides is 3. The van der Waals surface area contributed by atoms with E-state index in [0.717, 1.165) is 29.1 Å². The topological polar surface area (TPSA) is 41.6 Å². The number of aromatic amines is 1. The number of imidazole rings is 1. The van der Waals surface area contributed by atoms with Crippen molar-refractivity contribution in [1.82, 2.24) is 15.0 Å². The van der Waals surface area contributed by atoms with E-state index in [-0.39, 0.29) is 19.3 Å². The average molecular weight is 385 g/mol. The molecule has 1 saturated carbocycles. The average Bonchev–Trinajstić information content (AvgIpc) is 3.11. The summed E-state index contributed by atoms with van der Waals surface area (Å²) in [6.07, 6.45) is 1.71. The van der Waals surface area contributed by atoms with E-state index >= 15 is 0 Å². The summed E-state index contributed by atoms with van der Waals surface area (Å²) in [4.78, 5) is 11.7. The number of hydrogen-bond acceptors (Lipinski definition) is 2. The first kappa shape index (κ1) is 18.7. The van der Waals surface area contributed by atoms with Crippen molar-refractivity contribution in [3.8, 4) is 11.3 Å². The van der Waals surface area contributed by atoms with E-state index < -0.39 is 11.6 Å². The molecule has 0 radical (unpaired) electrons. The number of hydrogen-bond donors (Lipinski definition) is 1. The van der Waals surface area contributed by atoms with Crippen molar-refractivity contribution in [2.24, 2.45) is 5.41 Å². The molecule has 3 nitrogen and oxygen atoms in total. The molecule has 4 rings (SSSR count). The summed E-state index contributed by atoms with van der Waals surface area (Å²) in [7, 11) is 0. The first-order chi connectivity index (χ1) is 13.5. The molecule has 0 unspecified atom stereocenters. The van der Waals surface area contributed by atoms with Gasteiger partial charge in [-0.25, -0.2) is 4.98 Å². The number of halogens is 3. The van der Waals surface area contributed by atoms with Crippen LogP contribution in [0.4, 0.5) is 13.2 Å². The lowest BCUT2D eigenvalue weighted by Gasteiger charge is -2.42. The molecule has 146 valence electrons. The molecule has 3 aromatic rings. The van der Waals surface area contributed by atoms with Crippen LogP contribution in [0.5, 0.6) is 0 Å². The predicted molar refractivity (Wildman–Crippen MR) is 102 cm³/mol. The Bertz CT molecular complexity index is 910. The van der Waals surface area contributed by atoms with Gasteiger partial charge in [0.25, 0.3) is 0 Å². The lowest BCUT2D eigenvalue weighted by atomic mass is 9.65. The van der Waals surface area contributed by atoms with Gasteiger partial charge in [-0.05, 0) is 37.0 Å². The fourth-order valence-electron chi connectivity index (χ4n) is 3.79. The Morgan fingerprint density at radius 1 is 0.964 bits per heavy atom. The third-order valence-corrected chi connectivity index (χ3v) is 5.69. The highest BCUT2D eigenvalue weighted by Gasteiger charge is 2.58. The Labute approximate surface area is 162 Å². The number of nitrogens with zero attached hydrogens (tertiary/aromatic N) is 2. The highest BCUT2D eigenvalue weighted by atomic mass is 19.4. The van der Waals surface area contributed by atoms with E-state index in [9.17, 15) is 13.2 Å². The number of rotatable bonds is 6. The molecule has 6 heteroatoms. The molecule has 1 aliphatic carbocycles. The predicted octanol–water partition coefficient (Wildman–Crippen LogP) is 5.53. The molecule has 2 heterocycles. The third-order valence-electron chi connectivity index (χ3n) is 5.69. The van der Waals surface area contributed by atoms with Gasteiger partial charge in [-0.2, -0.15) is 13.2 Å². The second-order valence-corrected chi connectivity index (χ2v) is 7.58. The van der Waals surface area contributed by atoms with Gasteiger partial charge in [0.15, 0.2) is 0 Å². The molecule has 0 aliphatic heterocycles. The van der Waals surface area contributed by atoms with Crippen molar-refractivity contribution in [1.29, 1.82) is 0 Å². The number of benzene rings is 1. The molecule has 1 N–H and O–H groups in total. The molecule has 0 spiro atoms. The van der Waals surface area contributed by atoms with Crippen molar-refractivity contribution in [3.63, 3.8) is 0 Å². The molecule has 0 amide bonds. The standard InChI is InChI=1S/C22H22F3N3/c23-22(24,25)21(11-3-12-21)14-18-15-27-20(28-18)10-7-16-5-8-17(9-6-16)19-4-1-2-13-26-19/h1-2,4-6,8-9,13,15H,3,7,10-12,14H2,(H,27,28). The number of pyridine rings is 1. The van der Waals surface area contributed by atoms with Crippen LogP contribution in [0.1, 0.15) is 36.3 Å². The van der Waals surface area contributed by atoms with Crippen LogP contribution in [-0.4, -0.2) is 21.1 Å². The summed E-state index contributed by atoms with van der Waals surface area (Å²) in [6.45, 7) is 0. The highest BCUT2D eigenvalue weighted by Crippen LogP contribution is 2.54. The number of nitrogens with one attached hydrogen (secondary N) is 1. The van der Waals surface area contributed by atoms with E-state index in [1.54, 1.807) is 12.4 Å². The van der Waals surface area contributed by atoms with E-state index in [1.165, 1.54) is 0 Å². The number of H-pyrrole nitrogens is 1. The zero-order valence-corrected chi connectivity index (χ0v) is 15.5. The van der Waals surface area contributed by atoms with E-state index in [0.29, 0.717) is 18.5 Å². The van der Waals surface area contributed by atoms with Crippen molar-refractivity contribution in [2.75, 3.05) is 0 Å². The molecule has 1 aromatic carbocycles. The van der Waals surface area contributed by atoms with Crippen LogP contribution < -0.4 is 0 Å². The Balaban J connectivity index is 1.36. The lowest BCUT2D eigenvalue weighted by molar-refractivity contribution is -0.250. The second kappa shape index (κ2) is 7.41. The van der Waals surface area contributed by atoms with Gasteiger partial charge in [-0.15, -0.1) is 0 Å². The van der Waals surface area contributed by atoms with Gasteiger partial charge in [-0.3, -0.25) is 4.98 Å². The first-order valence-corrected chi connectivity index (χ1v) is 9.55. The summed E-state index contributed by atoms with van der Waals surface area (Å²) < 4.78 is 40.0. The molecule has 2 aromatic heterocycles. The summed E-state index contributed by atoms with van der Waals surface area (Å²) in [5.41, 5.74) is 2.17. The molecule has 0 bridgehead atoms. The van der Waals surface area contributed by atoms with Crippen LogP contribution in [0.15, 0.2) is 54.9 Å². The lowest BCUT2D eigenvalue weighted by Crippen LogP contribution is -2.45. The Morgan fingerprint density at radius 2 is 1.75 bits per heavy atom. The monoisotopic (exact) mass is 385 g/mol. The van der Waals surface area contributed by atoms with Gasteiger partial charge in [0, 0.05) is 36.5 Å². The van der Waals surface area contributed by atoms with E-state index in [2.05, 4.69) is 27.1 Å². The SMILES string of the molecule is FC(F)(F)C1(Cc2cnc(CCc3ccc(-c4ccccn4)cc3)[nH]2)CCC1. The molecule has 28 heavy (non-hydrogen) atoms. The van der Waals surface area contributed by atoms with Gasteiger partial charge in [0.1, 0.15) is 5.82 Å². The maximum atomic E-state index is 13.3. The molecular formula is C22H22F3N3. The summed E-state index contributed by atoms with van der Waals surface area (Å²) in [5, 5.41) is 0.